The van der Waals surface area contributed by atoms with Crippen LogP contribution >= 0.6 is 34.7 Å². The molecule has 9 nitrogen and oxygen atoms in total. The molecule has 3 aromatic carbocycles. The summed E-state index contributed by atoms with van der Waals surface area (Å²) in [5, 5.41) is 21.1. The van der Waals surface area contributed by atoms with Crippen LogP contribution in [0.15, 0.2) is 76.6 Å². The Bertz CT molecular complexity index is 1760. The number of hydrogen-bond donors (Lipinski definition) is 1. The lowest BCUT2D eigenvalue weighted by Crippen LogP contribution is -2.29. The third-order valence-electron chi connectivity index (χ3n) is 7.28. The second kappa shape index (κ2) is 13.5. The minimum absolute atomic E-state index is 0.0680. The van der Waals surface area contributed by atoms with Crippen molar-refractivity contribution in [2.24, 2.45) is 5.92 Å². The van der Waals surface area contributed by atoms with Gasteiger partial charge in [0.05, 0.1) is 18.2 Å². The molecule has 1 aromatic heterocycles. The highest BCUT2D eigenvalue weighted by atomic mass is 35.5. The van der Waals surface area contributed by atoms with Crippen molar-refractivity contribution < 1.29 is 28.9 Å². The van der Waals surface area contributed by atoms with Crippen molar-refractivity contribution in [2.45, 2.75) is 36.4 Å². The smallest absolute Gasteiger partial charge is 0.301 e. The SMILES string of the molecule is CC(C)CCOc1cccc(C2C(=C(O)c3ccc4c(c3)OCCO4)C(=O)C(=O)N2c2nnc(SCc3ccc(Cl)cc3)s2)c1. The van der Waals surface area contributed by atoms with E-state index in [1.54, 1.807) is 36.4 Å². The minimum atomic E-state index is -0.978. The molecule has 2 aliphatic heterocycles. The fourth-order valence-corrected chi connectivity index (χ4v) is 6.91. The molecule has 3 heterocycles. The second-order valence-corrected chi connectivity index (χ2v) is 13.5. The lowest BCUT2D eigenvalue weighted by molar-refractivity contribution is -0.132. The zero-order valence-corrected chi connectivity index (χ0v) is 27.0. The average molecular weight is 664 g/mol. The van der Waals surface area contributed by atoms with E-state index in [0.717, 1.165) is 12.0 Å². The summed E-state index contributed by atoms with van der Waals surface area (Å²) in [6.07, 6.45) is 0.869. The number of rotatable bonds is 10. The van der Waals surface area contributed by atoms with Crippen molar-refractivity contribution in [2.75, 3.05) is 24.7 Å². The first-order valence-corrected chi connectivity index (χ1v) is 16.6. The number of halogens is 1. The molecule has 45 heavy (non-hydrogen) atoms. The molecule has 1 atom stereocenters. The fraction of sp³-hybridized carbons (Fsp3) is 0.273. The number of Topliss-reactive ketones (excluding diaryl/α,β-unsaturated/α-hetero) is 1. The number of carbonyl (C=O) groups excluding carboxylic acids is 2. The Kier molecular flexibility index (Phi) is 9.29. The van der Waals surface area contributed by atoms with Crippen LogP contribution < -0.4 is 19.1 Å². The van der Waals surface area contributed by atoms with E-state index in [2.05, 4.69) is 24.0 Å². The van der Waals surface area contributed by atoms with Crippen molar-refractivity contribution in [1.29, 1.82) is 0 Å². The van der Waals surface area contributed by atoms with Crippen LogP contribution in [0.1, 0.15) is 43.0 Å². The number of benzene rings is 3. The zero-order chi connectivity index (χ0) is 31.5. The number of nitrogens with zero attached hydrogens (tertiary/aromatic N) is 3. The fourth-order valence-electron chi connectivity index (χ4n) is 4.96. The van der Waals surface area contributed by atoms with Gasteiger partial charge in [-0.2, -0.15) is 0 Å². The van der Waals surface area contributed by atoms with Gasteiger partial charge in [0.2, 0.25) is 5.13 Å². The van der Waals surface area contributed by atoms with Crippen LogP contribution in [0.4, 0.5) is 5.13 Å². The van der Waals surface area contributed by atoms with Crippen LogP contribution in [0.25, 0.3) is 5.76 Å². The van der Waals surface area contributed by atoms with E-state index in [4.69, 9.17) is 25.8 Å². The summed E-state index contributed by atoms with van der Waals surface area (Å²) in [6.45, 7) is 5.54. The molecule has 4 aromatic rings. The van der Waals surface area contributed by atoms with Crippen molar-refractivity contribution in [3.05, 3.63) is 94.0 Å². The van der Waals surface area contributed by atoms with Crippen LogP contribution in [0.3, 0.4) is 0 Å². The number of anilines is 1. The Morgan fingerprint density at radius 1 is 1.07 bits per heavy atom. The summed E-state index contributed by atoms with van der Waals surface area (Å²) in [5.41, 5.74) is 1.89. The maximum atomic E-state index is 13.7. The van der Waals surface area contributed by atoms with Crippen molar-refractivity contribution >= 4 is 57.3 Å². The number of amides is 1. The van der Waals surface area contributed by atoms with E-state index in [9.17, 15) is 14.7 Å². The Morgan fingerprint density at radius 2 is 1.84 bits per heavy atom. The normalized spacial score (nSPS) is 17.2. The molecule has 0 aliphatic carbocycles. The van der Waals surface area contributed by atoms with Crippen LogP contribution in [0.5, 0.6) is 17.2 Å². The van der Waals surface area contributed by atoms with Gasteiger partial charge in [0.1, 0.15) is 24.7 Å². The second-order valence-electron chi connectivity index (χ2n) is 10.9. The summed E-state index contributed by atoms with van der Waals surface area (Å²) in [7, 11) is 0. The highest BCUT2D eigenvalue weighted by Crippen LogP contribution is 2.45. The monoisotopic (exact) mass is 663 g/mol. The van der Waals surface area contributed by atoms with E-state index in [0.29, 0.717) is 69.2 Å². The quantitative estimate of drug-likeness (QED) is 0.0614. The highest BCUT2D eigenvalue weighted by Gasteiger charge is 2.48. The molecule has 1 saturated heterocycles. The largest absolute Gasteiger partial charge is 0.507 e. The number of fused-ring (bicyclic) bond motifs is 1. The highest BCUT2D eigenvalue weighted by molar-refractivity contribution is 8.00. The molecule has 0 radical (unpaired) electrons. The lowest BCUT2D eigenvalue weighted by atomic mass is 9.95. The van der Waals surface area contributed by atoms with Crippen molar-refractivity contribution in [3.63, 3.8) is 0 Å². The van der Waals surface area contributed by atoms with E-state index in [-0.39, 0.29) is 16.5 Å². The Morgan fingerprint density at radius 3 is 2.62 bits per heavy atom. The number of thioether (sulfide) groups is 1. The van der Waals surface area contributed by atoms with Gasteiger partial charge in [0, 0.05) is 16.3 Å². The summed E-state index contributed by atoms with van der Waals surface area (Å²) in [6, 6.07) is 18.7. The van der Waals surface area contributed by atoms with E-state index in [1.807, 2.05) is 30.3 Å². The third-order valence-corrected chi connectivity index (χ3v) is 9.65. The standard InChI is InChI=1S/C33H30ClN3O6S2/c1-19(2)12-13-41-24-5-3-4-21(16-24)28-27(29(38)22-8-11-25-26(17-22)43-15-14-42-25)30(39)31(40)37(28)32-35-36-33(45-32)44-18-20-6-9-23(34)10-7-20/h3-11,16-17,19,28,38H,12-15,18H2,1-2H3. The van der Waals surface area contributed by atoms with Gasteiger partial charge >= 0.3 is 5.91 Å². The Labute approximate surface area is 273 Å². The third kappa shape index (κ3) is 6.80. The molecule has 0 spiro atoms. The predicted molar refractivity (Wildman–Crippen MR) is 175 cm³/mol. The molecule has 0 saturated carbocycles. The summed E-state index contributed by atoms with van der Waals surface area (Å²) in [5.74, 6) is 0.700. The molecular weight excluding hydrogens is 634 g/mol. The van der Waals surface area contributed by atoms with Crippen LogP contribution in [-0.4, -0.2) is 46.8 Å². The molecule has 1 fully saturated rings. The first-order chi connectivity index (χ1) is 21.8. The van der Waals surface area contributed by atoms with Gasteiger partial charge in [-0.1, -0.05) is 72.8 Å². The topological polar surface area (TPSA) is 111 Å². The van der Waals surface area contributed by atoms with Gasteiger partial charge in [0.25, 0.3) is 5.78 Å². The maximum Gasteiger partial charge on any atom is 0.301 e. The Hall–Kier alpha value is -4.06. The van der Waals surface area contributed by atoms with Crippen LogP contribution in [0.2, 0.25) is 5.02 Å². The minimum Gasteiger partial charge on any atom is -0.507 e. The molecule has 1 amide bonds. The van der Waals surface area contributed by atoms with Gasteiger partial charge in [-0.05, 0) is 65.9 Å². The van der Waals surface area contributed by atoms with Gasteiger partial charge in [-0.25, -0.2) is 0 Å². The van der Waals surface area contributed by atoms with Crippen molar-refractivity contribution in [1.82, 2.24) is 10.2 Å². The number of ketones is 1. The van der Waals surface area contributed by atoms with Crippen LogP contribution in [-0.2, 0) is 15.3 Å². The first-order valence-electron chi connectivity index (χ1n) is 14.4. The van der Waals surface area contributed by atoms with Gasteiger partial charge in [0.15, 0.2) is 15.8 Å². The van der Waals surface area contributed by atoms with Gasteiger partial charge in [-0.15, -0.1) is 10.2 Å². The van der Waals surface area contributed by atoms with Crippen molar-refractivity contribution in [3.8, 4) is 17.2 Å². The first kappa shape index (κ1) is 30.9. The molecule has 1 N–H and O–H groups in total. The number of carbonyl (C=O) groups is 2. The number of aliphatic hydroxyl groups excluding tert-OH is 1. The summed E-state index contributed by atoms with van der Waals surface area (Å²) >= 11 is 8.68. The molecular formula is C33H30ClN3O6S2. The lowest BCUT2D eigenvalue weighted by Gasteiger charge is -2.23. The number of aliphatic hydroxyl groups is 1. The molecule has 232 valence electrons. The van der Waals surface area contributed by atoms with Gasteiger partial charge < -0.3 is 19.3 Å². The molecule has 12 heteroatoms. The summed E-state index contributed by atoms with van der Waals surface area (Å²) in [4.78, 5) is 28.7. The number of hydrogen-bond acceptors (Lipinski definition) is 10. The predicted octanol–water partition coefficient (Wildman–Crippen LogP) is 7.31. The van der Waals surface area contributed by atoms with Gasteiger partial charge in [-0.3, -0.25) is 14.5 Å². The maximum absolute atomic E-state index is 13.7. The van der Waals surface area contributed by atoms with E-state index in [1.165, 1.54) is 28.0 Å². The van der Waals surface area contributed by atoms with E-state index < -0.39 is 17.7 Å². The van der Waals surface area contributed by atoms with E-state index >= 15 is 0 Å². The Balaban J connectivity index is 1.37. The number of ether oxygens (including phenoxy) is 3. The zero-order valence-electron chi connectivity index (χ0n) is 24.6. The molecule has 6 rings (SSSR count). The van der Waals surface area contributed by atoms with Crippen LogP contribution in [0, 0.1) is 5.92 Å². The number of aromatic nitrogens is 2. The molecule has 1 unspecified atom stereocenters. The average Bonchev–Trinajstić information content (AvgIpc) is 3.61. The summed E-state index contributed by atoms with van der Waals surface area (Å²) < 4.78 is 17.9. The molecule has 2 aliphatic rings. The molecule has 0 bridgehead atoms.